The number of hydrogen-bond acceptors (Lipinski definition) is 4. The summed E-state index contributed by atoms with van der Waals surface area (Å²) in [4.78, 5) is 15.0. The average Bonchev–Trinajstić information content (AvgIpc) is 2.97. The third kappa shape index (κ3) is 3.39. The Bertz CT molecular complexity index is 1000. The first-order chi connectivity index (χ1) is 12.9. The van der Waals surface area contributed by atoms with Crippen molar-refractivity contribution in [1.82, 2.24) is 4.72 Å². The molecule has 0 saturated carbocycles. The summed E-state index contributed by atoms with van der Waals surface area (Å²) >= 11 is 1.76. The van der Waals surface area contributed by atoms with Crippen LogP contribution < -0.4 is 9.62 Å². The fourth-order valence-electron chi connectivity index (χ4n) is 3.97. The van der Waals surface area contributed by atoms with Gasteiger partial charge in [0.15, 0.2) is 0 Å². The zero-order valence-electron chi connectivity index (χ0n) is 15.3. The van der Waals surface area contributed by atoms with E-state index in [2.05, 4.69) is 4.72 Å². The third-order valence-electron chi connectivity index (χ3n) is 5.17. The van der Waals surface area contributed by atoms with Gasteiger partial charge in [0.1, 0.15) is 0 Å². The molecule has 4 rings (SSSR count). The summed E-state index contributed by atoms with van der Waals surface area (Å²) in [5.41, 5.74) is 2.75. The molecule has 27 heavy (non-hydrogen) atoms. The highest BCUT2D eigenvalue weighted by atomic mass is 32.2. The first kappa shape index (κ1) is 18.5. The topological polar surface area (TPSA) is 66.5 Å². The predicted molar refractivity (Wildman–Crippen MR) is 108 cm³/mol. The van der Waals surface area contributed by atoms with Crippen molar-refractivity contribution >= 4 is 33.4 Å². The van der Waals surface area contributed by atoms with Gasteiger partial charge in [-0.2, -0.15) is 0 Å². The van der Waals surface area contributed by atoms with Crippen LogP contribution in [0.1, 0.15) is 37.4 Å². The molecule has 0 fully saturated rings. The number of hydrogen-bond donors (Lipinski definition) is 1. The van der Waals surface area contributed by atoms with Crippen molar-refractivity contribution in [2.75, 3.05) is 10.7 Å². The lowest BCUT2D eigenvalue weighted by atomic mass is 10.1. The van der Waals surface area contributed by atoms with Crippen LogP contribution in [0.25, 0.3) is 0 Å². The molecule has 2 atom stereocenters. The van der Waals surface area contributed by atoms with Gasteiger partial charge in [-0.05, 0) is 60.9 Å². The molecule has 0 saturated heterocycles. The minimum Gasteiger partial charge on any atom is -0.309 e. The van der Waals surface area contributed by atoms with Crippen molar-refractivity contribution in [2.24, 2.45) is 0 Å². The molecule has 2 aliphatic rings. The summed E-state index contributed by atoms with van der Waals surface area (Å²) in [5, 5.41) is 0. The van der Waals surface area contributed by atoms with E-state index in [1.54, 1.807) is 34.9 Å². The number of sulfonamides is 1. The fourth-order valence-corrected chi connectivity index (χ4v) is 6.40. The lowest BCUT2D eigenvalue weighted by Crippen LogP contribution is -2.33. The third-order valence-corrected chi connectivity index (χ3v) is 7.76. The Balaban J connectivity index is 1.63. The largest absolute Gasteiger partial charge is 0.309 e. The van der Waals surface area contributed by atoms with Gasteiger partial charge in [0, 0.05) is 29.6 Å². The smallest absolute Gasteiger partial charge is 0.241 e. The molecule has 0 bridgehead atoms. The molecule has 2 heterocycles. The van der Waals surface area contributed by atoms with Crippen LogP contribution >= 0.6 is 11.8 Å². The number of nitrogens with zero attached hydrogens (tertiary/aromatic N) is 1. The van der Waals surface area contributed by atoms with E-state index >= 15 is 0 Å². The predicted octanol–water partition coefficient (Wildman–Crippen LogP) is 3.50. The van der Waals surface area contributed by atoms with E-state index in [9.17, 15) is 13.2 Å². The van der Waals surface area contributed by atoms with Gasteiger partial charge in [0.05, 0.1) is 4.90 Å². The number of carbonyl (C=O) groups is 1. The molecular weight excluding hydrogens is 380 g/mol. The molecule has 0 aliphatic carbocycles. The van der Waals surface area contributed by atoms with Crippen molar-refractivity contribution in [3.8, 4) is 0 Å². The normalized spacial score (nSPS) is 21.6. The first-order valence-corrected chi connectivity index (χ1v) is 11.5. The van der Waals surface area contributed by atoms with Gasteiger partial charge in [-0.25, -0.2) is 13.1 Å². The van der Waals surface area contributed by atoms with Crippen molar-refractivity contribution in [3.05, 3.63) is 53.6 Å². The molecule has 2 aromatic rings. The second-order valence-electron chi connectivity index (χ2n) is 7.08. The number of fused-ring (bicyclic) bond motifs is 2. The van der Waals surface area contributed by atoms with E-state index in [1.165, 1.54) is 6.92 Å². The molecule has 0 aromatic heterocycles. The average molecular weight is 403 g/mol. The van der Waals surface area contributed by atoms with Crippen LogP contribution in [0, 0.1) is 0 Å². The van der Waals surface area contributed by atoms with Gasteiger partial charge < -0.3 is 4.90 Å². The highest BCUT2D eigenvalue weighted by Crippen LogP contribution is 2.37. The molecule has 142 valence electrons. The van der Waals surface area contributed by atoms with Gasteiger partial charge in [0.25, 0.3) is 0 Å². The SMILES string of the molecule is CC(=O)N1c2ccc(S(=O)(=O)N[C@H]3CCSc4ccccc43)cc2C[C@@H]1C. The number of amides is 1. The standard InChI is InChI=1S/C20H22N2O3S2/c1-13-11-15-12-16(7-8-19(15)22(13)14(2)23)27(24,25)21-18-9-10-26-20-6-4-3-5-17(18)20/h3-8,12-13,18,21H,9-11H2,1-2H3/t13-,18-/m0/s1. The number of benzene rings is 2. The van der Waals surface area contributed by atoms with E-state index < -0.39 is 10.0 Å². The van der Waals surface area contributed by atoms with Crippen molar-refractivity contribution in [3.63, 3.8) is 0 Å². The quantitative estimate of drug-likeness (QED) is 0.853. The summed E-state index contributed by atoms with van der Waals surface area (Å²) in [7, 11) is -3.64. The van der Waals surface area contributed by atoms with Crippen LogP contribution in [0.2, 0.25) is 0 Å². The van der Waals surface area contributed by atoms with Gasteiger partial charge in [0.2, 0.25) is 15.9 Å². The molecule has 0 unspecified atom stereocenters. The first-order valence-electron chi connectivity index (χ1n) is 9.03. The maximum atomic E-state index is 13.0. The highest BCUT2D eigenvalue weighted by Gasteiger charge is 2.31. The van der Waals surface area contributed by atoms with Crippen molar-refractivity contribution in [2.45, 2.75) is 48.6 Å². The number of rotatable bonds is 3. The summed E-state index contributed by atoms with van der Waals surface area (Å²) in [6.07, 6.45) is 1.43. The van der Waals surface area contributed by atoms with Crippen molar-refractivity contribution < 1.29 is 13.2 Å². The van der Waals surface area contributed by atoms with E-state index in [0.717, 1.165) is 33.9 Å². The minimum atomic E-state index is -3.64. The zero-order chi connectivity index (χ0) is 19.2. The molecule has 0 radical (unpaired) electrons. The number of anilines is 1. The molecule has 2 aromatic carbocycles. The molecule has 1 amide bonds. The Morgan fingerprint density at radius 1 is 1.22 bits per heavy atom. The Morgan fingerprint density at radius 3 is 2.78 bits per heavy atom. The monoisotopic (exact) mass is 402 g/mol. The lowest BCUT2D eigenvalue weighted by molar-refractivity contribution is -0.116. The fraction of sp³-hybridized carbons (Fsp3) is 0.350. The van der Waals surface area contributed by atoms with Gasteiger partial charge in [-0.3, -0.25) is 4.79 Å². The summed E-state index contributed by atoms with van der Waals surface area (Å²) < 4.78 is 28.9. The van der Waals surface area contributed by atoms with Crippen LogP contribution in [-0.4, -0.2) is 26.1 Å². The molecule has 1 N–H and O–H groups in total. The highest BCUT2D eigenvalue weighted by molar-refractivity contribution is 7.99. The van der Waals surface area contributed by atoms with Crippen LogP contribution in [0.15, 0.2) is 52.3 Å². The number of nitrogens with one attached hydrogen (secondary N) is 1. The second-order valence-corrected chi connectivity index (χ2v) is 9.93. The maximum Gasteiger partial charge on any atom is 0.241 e. The van der Waals surface area contributed by atoms with Crippen LogP contribution in [0.4, 0.5) is 5.69 Å². The zero-order valence-corrected chi connectivity index (χ0v) is 16.9. The molecular formula is C20H22N2O3S2. The number of thioether (sulfide) groups is 1. The van der Waals surface area contributed by atoms with E-state index in [0.29, 0.717) is 6.42 Å². The Hall–Kier alpha value is -1.83. The molecule has 7 heteroatoms. The van der Waals surface area contributed by atoms with Crippen LogP contribution in [-0.2, 0) is 21.2 Å². The van der Waals surface area contributed by atoms with Crippen LogP contribution in [0.5, 0.6) is 0 Å². The second kappa shape index (κ2) is 6.96. The van der Waals surface area contributed by atoms with Crippen LogP contribution in [0.3, 0.4) is 0 Å². The summed E-state index contributed by atoms with van der Waals surface area (Å²) in [6.45, 7) is 3.51. The molecule has 0 spiro atoms. The Labute approximate surface area is 164 Å². The van der Waals surface area contributed by atoms with E-state index in [1.807, 2.05) is 31.2 Å². The minimum absolute atomic E-state index is 0.0219. The van der Waals surface area contributed by atoms with E-state index in [-0.39, 0.29) is 22.9 Å². The van der Waals surface area contributed by atoms with Gasteiger partial charge in [-0.1, -0.05) is 18.2 Å². The molecule has 2 aliphatic heterocycles. The van der Waals surface area contributed by atoms with E-state index in [4.69, 9.17) is 0 Å². The van der Waals surface area contributed by atoms with Crippen molar-refractivity contribution in [1.29, 1.82) is 0 Å². The summed E-state index contributed by atoms with van der Waals surface area (Å²) in [5.74, 6) is 0.866. The lowest BCUT2D eigenvalue weighted by Gasteiger charge is -2.25. The van der Waals surface area contributed by atoms with Gasteiger partial charge >= 0.3 is 0 Å². The summed E-state index contributed by atoms with van der Waals surface area (Å²) in [6, 6.07) is 12.8. The maximum absolute atomic E-state index is 13.0. The Morgan fingerprint density at radius 2 is 2.00 bits per heavy atom. The van der Waals surface area contributed by atoms with Gasteiger partial charge in [-0.15, -0.1) is 11.8 Å². The molecule has 5 nitrogen and oxygen atoms in total. The Kier molecular flexibility index (Phi) is 4.78. The number of carbonyl (C=O) groups excluding carboxylic acids is 1.